The van der Waals surface area contributed by atoms with Crippen molar-refractivity contribution >= 4 is 18.3 Å². The zero-order valence-electron chi connectivity index (χ0n) is 16.1. The molecule has 1 saturated heterocycles. The van der Waals surface area contributed by atoms with Crippen LogP contribution in [0.4, 0.5) is 0 Å². The van der Waals surface area contributed by atoms with Crippen LogP contribution in [0.25, 0.3) is 5.69 Å². The number of halogens is 1. The molecule has 3 unspecified atom stereocenters. The van der Waals surface area contributed by atoms with Gasteiger partial charge in [-0.1, -0.05) is 32.0 Å². The van der Waals surface area contributed by atoms with Gasteiger partial charge < -0.3 is 10.6 Å². The summed E-state index contributed by atoms with van der Waals surface area (Å²) in [6.45, 7) is 7.73. The number of aromatic nitrogens is 3. The summed E-state index contributed by atoms with van der Waals surface area (Å²) in [6.07, 6.45) is 2.20. The van der Waals surface area contributed by atoms with Crippen LogP contribution in [-0.4, -0.2) is 44.7 Å². The number of aryl methyl sites for hydroxylation is 1. The van der Waals surface area contributed by atoms with Crippen LogP contribution in [0, 0.1) is 18.8 Å². The highest BCUT2D eigenvalue weighted by Gasteiger charge is 2.43. The Labute approximate surface area is 166 Å². The van der Waals surface area contributed by atoms with Gasteiger partial charge in [-0.15, -0.1) is 17.5 Å². The van der Waals surface area contributed by atoms with Crippen LogP contribution in [-0.2, 0) is 0 Å². The summed E-state index contributed by atoms with van der Waals surface area (Å²) in [7, 11) is 0. The lowest BCUT2D eigenvalue weighted by Gasteiger charge is -2.17. The summed E-state index contributed by atoms with van der Waals surface area (Å²) < 4.78 is 1.80. The molecule has 3 atom stereocenters. The van der Waals surface area contributed by atoms with Gasteiger partial charge in [-0.25, -0.2) is 9.67 Å². The fraction of sp³-hybridized carbons (Fsp3) is 0.550. The van der Waals surface area contributed by atoms with E-state index in [-0.39, 0.29) is 30.2 Å². The molecule has 6 nitrogen and oxygen atoms in total. The Hall–Kier alpha value is -1.92. The second kappa shape index (κ2) is 7.60. The molecule has 2 fully saturated rings. The Kier molecular flexibility index (Phi) is 5.58. The van der Waals surface area contributed by atoms with Crippen LogP contribution in [0.2, 0.25) is 0 Å². The molecule has 2 N–H and O–H groups in total. The van der Waals surface area contributed by atoms with Crippen molar-refractivity contribution in [2.45, 2.75) is 45.6 Å². The van der Waals surface area contributed by atoms with Gasteiger partial charge in [0.1, 0.15) is 5.82 Å². The number of amides is 1. The van der Waals surface area contributed by atoms with Crippen LogP contribution in [0.15, 0.2) is 24.3 Å². The Bertz CT molecular complexity index is 834. The molecule has 0 spiro atoms. The number of fused-ring (bicyclic) bond motifs is 1. The smallest absolute Gasteiger partial charge is 0.293 e. The molecular weight excluding hydrogens is 362 g/mol. The van der Waals surface area contributed by atoms with E-state index < -0.39 is 0 Å². The number of benzene rings is 1. The van der Waals surface area contributed by atoms with Crippen LogP contribution in [0.5, 0.6) is 0 Å². The number of carbonyl (C=O) groups is 1. The lowest BCUT2D eigenvalue weighted by atomic mass is 9.98. The van der Waals surface area contributed by atoms with Crippen molar-refractivity contribution in [1.82, 2.24) is 19.7 Å². The number of hydrogen-bond donors (Lipinski definition) is 1. The first kappa shape index (κ1) is 19.8. The number of nitrogens with zero attached hydrogens (tertiary/aromatic N) is 4. The minimum absolute atomic E-state index is 0. The average Bonchev–Trinajstić information content (AvgIpc) is 3.30. The second-order valence-electron chi connectivity index (χ2n) is 7.98. The second-order valence-corrected chi connectivity index (χ2v) is 7.98. The van der Waals surface area contributed by atoms with Crippen molar-refractivity contribution < 1.29 is 4.79 Å². The highest BCUT2D eigenvalue weighted by molar-refractivity contribution is 5.90. The van der Waals surface area contributed by atoms with Gasteiger partial charge in [-0.2, -0.15) is 0 Å². The summed E-state index contributed by atoms with van der Waals surface area (Å²) in [4.78, 5) is 19.3. The molecule has 0 bridgehead atoms. The monoisotopic (exact) mass is 389 g/mol. The SMILES string of the molecule is Cc1nc(C(=O)N2CC3CCC(N)C3C2)nn1-c1ccccc1C(C)C.Cl. The highest BCUT2D eigenvalue weighted by Crippen LogP contribution is 2.37. The number of rotatable bonds is 3. The fourth-order valence-electron chi connectivity index (χ4n) is 4.49. The van der Waals surface area contributed by atoms with Crippen LogP contribution in [0.3, 0.4) is 0 Å². The van der Waals surface area contributed by atoms with E-state index in [1.165, 1.54) is 5.56 Å². The highest BCUT2D eigenvalue weighted by atomic mass is 35.5. The molecular formula is C20H28ClN5O. The maximum absolute atomic E-state index is 12.9. The fourth-order valence-corrected chi connectivity index (χ4v) is 4.49. The Morgan fingerprint density at radius 2 is 1.96 bits per heavy atom. The Morgan fingerprint density at radius 1 is 1.22 bits per heavy atom. The summed E-state index contributed by atoms with van der Waals surface area (Å²) >= 11 is 0. The molecule has 1 aliphatic heterocycles. The summed E-state index contributed by atoms with van der Waals surface area (Å²) in [5, 5.41) is 4.56. The molecule has 27 heavy (non-hydrogen) atoms. The average molecular weight is 390 g/mol. The summed E-state index contributed by atoms with van der Waals surface area (Å²) in [5.74, 6) is 2.29. The van der Waals surface area contributed by atoms with E-state index in [4.69, 9.17) is 5.73 Å². The van der Waals surface area contributed by atoms with E-state index in [2.05, 4.69) is 30.0 Å². The number of carbonyl (C=O) groups excluding carboxylic acids is 1. The van der Waals surface area contributed by atoms with Gasteiger partial charge in [0.2, 0.25) is 5.82 Å². The summed E-state index contributed by atoms with van der Waals surface area (Å²) in [5.41, 5.74) is 8.38. The maximum Gasteiger partial charge on any atom is 0.293 e. The molecule has 2 heterocycles. The third kappa shape index (κ3) is 3.48. The topological polar surface area (TPSA) is 77.0 Å². The zero-order chi connectivity index (χ0) is 18.4. The van der Waals surface area contributed by atoms with Crippen molar-refractivity contribution in [2.24, 2.45) is 17.6 Å². The molecule has 4 rings (SSSR count). The lowest BCUT2D eigenvalue weighted by Crippen LogP contribution is -2.34. The standard InChI is InChI=1S/C20H27N5O.ClH/c1-12(2)15-6-4-5-7-18(15)25-13(3)22-19(23-25)20(26)24-10-14-8-9-17(21)16(14)11-24;/h4-7,12,14,16-17H,8-11,21H2,1-3H3;1H. The van der Waals surface area contributed by atoms with Gasteiger partial charge in [-0.05, 0) is 49.1 Å². The van der Waals surface area contributed by atoms with Crippen molar-refractivity contribution in [3.63, 3.8) is 0 Å². The van der Waals surface area contributed by atoms with Gasteiger partial charge in [-0.3, -0.25) is 4.79 Å². The normalized spacial score (nSPS) is 24.2. The first-order chi connectivity index (χ1) is 12.5. The van der Waals surface area contributed by atoms with Crippen molar-refractivity contribution in [3.8, 4) is 5.69 Å². The minimum atomic E-state index is -0.0736. The van der Waals surface area contributed by atoms with Gasteiger partial charge in [0.25, 0.3) is 5.91 Å². The van der Waals surface area contributed by atoms with E-state index in [1.807, 2.05) is 30.0 Å². The zero-order valence-corrected chi connectivity index (χ0v) is 16.9. The Balaban J connectivity index is 0.00000210. The molecule has 1 saturated carbocycles. The van der Waals surface area contributed by atoms with E-state index in [0.717, 1.165) is 37.4 Å². The van der Waals surface area contributed by atoms with E-state index in [0.29, 0.717) is 17.8 Å². The molecule has 1 aromatic heterocycles. The molecule has 7 heteroatoms. The van der Waals surface area contributed by atoms with Crippen LogP contribution >= 0.6 is 12.4 Å². The van der Waals surface area contributed by atoms with Gasteiger partial charge >= 0.3 is 0 Å². The van der Waals surface area contributed by atoms with E-state index in [9.17, 15) is 4.79 Å². The first-order valence-corrected chi connectivity index (χ1v) is 9.53. The number of para-hydroxylation sites is 1. The van der Waals surface area contributed by atoms with Gasteiger partial charge in [0, 0.05) is 19.1 Å². The third-order valence-corrected chi connectivity index (χ3v) is 5.95. The van der Waals surface area contributed by atoms with Gasteiger partial charge in [0.05, 0.1) is 5.69 Å². The minimum Gasteiger partial charge on any atom is -0.335 e. The van der Waals surface area contributed by atoms with Crippen molar-refractivity contribution in [3.05, 3.63) is 41.5 Å². The van der Waals surface area contributed by atoms with Crippen molar-refractivity contribution in [1.29, 1.82) is 0 Å². The predicted octanol–water partition coefficient (Wildman–Crippen LogP) is 2.93. The lowest BCUT2D eigenvalue weighted by molar-refractivity contribution is 0.0767. The molecule has 1 amide bonds. The van der Waals surface area contributed by atoms with Gasteiger partial charge in [0.15, 0.2) is 0 Å². The first-order valence-electron chi connectivity index (χ1n) is 9.53. The number of likely N-dealkylation sites (tertiary alicyclic amines) is 1. The summed E-state index contributed by atoms with van der Waals surface area (Å²) in [6, 6.07) is 8.38. The molecule has 0 radical (unpaired) electrons. The molecule has 2 aromatic rings. The Morgan fingerprint density at radius 3 is 2.67 bits per heavy atom. The predicted molar refractivity (Wildman–Crippen MR) is 108 cm³/mol. The molecule has 2 aliphatic rings. The molecule has 1 aliphatic carbocycles. The number of nitrogens with two attached hydrogens (primary N) is 1. The quantitative estimate of drug-likeness (QED) is 0.875. The van der Waals surface area contributed by atoms with E-state index in [1.54, 1.807) is 4.68 Å². The molecule has 146 valence electrons. The van der Waals surface area contributed by atoms with E-state index >= 15 is 0 Å². The number of hydrogen-bond acceptors (Lipinski definition) is 4. The van der Waals surface area contributed by atoms with Crippen LogP contribution in [0.1, 0.15) is 54.6 Å². The molecule has 1 aromatic carbocycles. The maximum atomic E-state index is 12.9. The largest absolute Gasteiger partial charge is 0.335 e. The third-order valence-electron chi connectivity index (χ3n) is 5.95. The van der Waals surface area contributed by atoms with Crippen LogP contribution < -0.4 is 5.73 Å². The van der Waals surface area contributed by atoms with Crippen molar-refractivity contribution in [2.75, 3.05) is 13.1 Å².